The van der Waals surface area contributed by atoms with Crippen LogP contribution in [0.5, 0.6) is 17.2 Å². The molecule has 3 unspecified atom stereocenters. The fraction of sp³-hybridized carbons (Fsp3) is 0.485. The Labute approximate surface area is 276 Å². The van der Waals surface area contributed by atoms with E-state index in [1.807, 2.05) is 24.3 Å². The summed E-state index contributed by atoms with van der Waals surface area (Å²) in [6, 6.07) is 13.9. The maximum atomic E-state index is 12.3. The van der Waals surface area contributed by atoms with Crippen LogP contribution in [0, 0.1) is 0 Å². The zero-order valence-electron chi connectivity index (χ0n) is 26.1. The maximum Gasteiger partial charge on any atom is 0.356 e. The smallest absolute Gasteiger partial charge is 0.356 e. The lowest BCUT2D eigenvalue weighted by molar-refractivity contribution is -0.151. The number of nitrogens with one attached hydrogen (secondary N) is 1. The SMILES string of the molecule is CCCCCCCCS(=O)C(C)Cc1ccc2c(c1)OCO2.O=C(COc1ccccc1)NC1C(=O)N2C(C(=O)O)=C(O)CS[C@H]12. The number of hydrogen-bond acceptors (Lipinski definition) is 9. The van der Waals surface area contributed by atoms with Crippen LogP contribution in [0.2, 0.25) is 0 Å². The molecule has 0 aliphatic carbocycles. The molecule has 0 spiro atoms. The number of thioether (sulfide) groups is 1. The Morgan fingerprint density at radius 2 is 1.80 bits per heavy atom. The third kappa shape index (κ3) is 9.41. The van der Waals surface area contributed by atoms with Gasteiger partial charge in [-0.05, 0) is 42.7 Å². The lowest BCUT2D eigenvalue weighted by atomic mass is 10.0. The van der Waals surface area contributed by atoms with Gasteiger partial charge in [-0.3, -0.25) is 18.7 Å². The molecule has 2 aromatic rings. The third-order valence-electron chi connectivity index (χ3n) is 7.69. The van der Waals surface area contributed by atoms with Crippen LogP contribution in [-0.2, 0) is 31.6 Å². The van der Waals surface area contributed by atoms with Crippen LogP contribution in [0.25, 0.3) is 0 Å². The molecule has 0 bridgehead atoms. The number of hydrogen-bond donors (Lipinski definition) is 3. The van der Waals surface area contributed by atoms with Crippen molar-refractivity contribution in [1.82, 2.24) is 10.2 Å². The van der Waals surface area contributed by atoms with Crippen molar-refractivity contribution in [1.29, 1.82) is 0 Å². The number of rotatable bonds is 15. The number of carbonyl (C=O) groups is 3. The fourth-order valence-corrected chi connectivity index (χ4v) is 7.67. The Bertz CT molecular complexity index is 1420. The first kappa shape index (κ1) is 35.1. The molecule has 2 amide bonds. The number of benzene rings is 2. The van der Waals surface area contributed by atoms with E-state index < -0.39 is 45.7 Å². The van der Waals surface area contributed by atoms with Crippen molar-refractivity contribution in [3.63, 3.8) is 0 Å². The lowest BCUT2D eigenvalue weighted by Gasteiger charge is -2.48. The van der Waals surface area contributed by atoms with Gasteiger partial charge in [0.15, 0.2) is 23.8 Å². The monoisotopic (exact) mass is 674 g/mol. The molecule has 250 valence electrons. The average Bonchev–Trinajstić information content (AvgIpc) is 3.52. The van der Waals surface area contributed by atoms with Crippen molar-refractivity contribution >= 4 is 40.3 Å². The van der Waals surface area contributed by atoms with E-state index in [4.69, 9.17) is 19.3 Å². The van der Waals surface area contributed by atoms with Gasteiger partial charge in [-0.1, -0.05) is 70.2 Å². The van der Waals surface area contributed by atoms with E-state index in [9.17, 15) is 23.7 Å². The molecule has 1 fully saturated rings. The van der Waals surface area contributed by atoms with Gasteiger partial charge in [-0.15, -0.1) is 11.8 Å². The minimum atomic E-state index is -1.37. The molecule has 13 heteroatoms. The van der Waals surface area contributed by atoms with E-state index in [0.717, 1.165) is 35.0 Å². The zero-order valence-corrected chi connectivity index (χ0v) is 27.8. The molecule has 3 N–H and O–H groups in total. The summed E-state index contributed by atoms with van der Waals surface area (Å²) in [6.45, 7) is 4.36. The van der Waals surface area contributed by atoms with Crippen LogP contribution < -0.4 is 19.5 Å². The van der Waals surface area contributed by atoms with Gasteiger partial charge in [-0.25, -0.2) is 4.79 Å². The molecule has 1 saturated heterocycles. The van der Waals surface area contributed by atoms with E-state index in [1.54, 1.807) is 24.3 Å². The molecule has 0 saturated carbocycles. The number of aliphatic carboxylic acids is 1. The normalized spacial score (nSPS) is 19.3. The molecule has 0 radical (unpaired) electrons. The Balaban J connectivity index is 0.000000210. The largest absolute Gasteiger partial charge is 0.509 e. The van der Waals surface area contributed by atoms with E-state index in [0.29, 0.717) is 12.5 Å². The first-order valence-electron chi connectivity index (χ1n) is 15.5. The first-order chi connectivity index (χ1) is 22.2. The highest BCUT2D eigenvalue weighted by molar-refractivity contribution is 8.00. The second kappa shape index (κ2) is 17.3. The number of β-lactam (4-membered cyclic amide) rings is 1. The van der Waals surface area contributed by atoms with Gasteiger partial charge in [0.05, 0.1) is 5.75 Å². The molecular formula is C33H42N2O9S2. The summed E-state index contributed by atoms with van der Waals surface area (Å²) in [5, 5.41) is 20.9. The van der Waals surface area contributed by atoms with Crippen LogP contribution in [0.15, 0.2) is 60.0 Å². The van der Waals surface area contributed by atoms with E-state index in [1.165, 1.54) is 49.4 Å². The van der Waals surface area contributed by atoms with E-state index in [2.05, 4.69) is 19.2 Å². The molecule has 5 rings (SSSR count). The van der Waals surface area contributed by atoms with Gasteiger partial charge in [-0.2, -0.15) is 0 Å². The Kier molecular flexibility index (Phi) is 13.2. The number of ether oxygens (including phenoxy) is 3. The van der Waals surface area contributed by atoms with Crippen molar-refractivity contribution in [3.8, 4) is 17.2 Å². The summed E-state index contributed by atoms with van der Waals surface area (Å²) in [6.07, 6.45) is 8.32. The van der Waals surface area contributed by atoms with Crippen LogP contribution in [0.3, 0.4) is 0 Å². The summed E-state index contributed by atoms with van der Waals surface area (Å²) in [5.41, 5.74) is 0.753. The number of aliphatic hydroxyl groups excluding tert-OH is 1. The molecule has 11 nitrogen and oxygen atoms in total. The average molecular weight is 675 g/mol. The fourth-order valence-electron chi connectivity index (χ4n) is 5.20. The van der Waals surface area contributed by atoms with Crippen molar-refractivity contribution < 1.29 is 43.0 Å². The van der Waals surface area contributed by atoms with Crippen molar-refractivity contribution in [2.45, 2.75) is 75.5 Å². The topological polar surface area (TPSA) is 152 Å². The van der Waals surface area contributed by atoms with Gasteiger partial charge in [0, 0.05) is 21.8 Å². The lowest BCUT2D eigenvalue weighted by Crippen LogP contribution is -2.70. The molecule has 4 atom stereocenters. The number of carboxylic acid groups (broad SMARTS) is 1. The quantitative estimate of drug-likeness (QED) is 0.178. The Hall–Kier alpha value is -3.71. The minimum absolute atomic E-state index is 0.0724. The molecule has 3 aliphatic heterocycles. The number of para-hydroxylation sites is 1. The maximum absolute atomic E-state index is 12.3. The molecule has 0 aromatic heterocycles. The number of aliphatic hydroxyl groups is 1. The molecule has 3 heterocycles. The van der Waals surface area contributed by atoms with Crippen LogP contribution >= 0.6 is 11.8 Å². The minimum Gasteiger partial charge on any atom is -0.509 e. The number of nitrogens with zero attached hydrogens (tertiary/aromatic N) is 1. The highest BCUT2D eigenvalue weighted by atomic mass is 32.2. The number of carbonyl (C=O) groups excluding carboxylic acids is 2. The highest BCUT2D eigenvalue weighted by Gasteiger charge is 2.54. The van der Waals surface area contributed by atoms with Crippen LogP contribution in [0.1, 0.15) is 57.9 Å². The molecule has 46 heavy (non-hydrogen) atoms. The highest BCUT2D eigenvalue weighted by Crippen LogP contribution is 2.39. The molecular weight excluding hydrogens is 633 g/mol. The van der Waals surface area contributed by atoms with Crippen LogP contribution in [0.4, 0.5) is 0 Å². The van der Waals surface area contributed by atoms with Crippen molar-refractivity contribution in [3.05, 3.63) is 65.6 Å². The molecule has 2 aromatic carbocycles. The summed E-state index contributed by atoms with van der Waals surface area (Å²) in [4.78, 5) is 36.2. The van der Waals surface area contributed by atoms with Crippen molar-refractivity contribution in [2.75, 3.05) is 24.9 Å². The second-order valence-corrected chi connectivity index (χ2v) is 14.3. The zero-order chi connectivity index (χ0) is 33.1. The standard InChI is InChI=1S/C18H28O3S.C15H14N2O6S/c1-3-4-5-6-7-8-11-22(19)15(2)12-16-9-10-17-18(13-16)21-14-20-17;18-9-7-24-14-11(13(20)17(14)12(9)15(21)22)16-10(19)6-23-8-4-2-1-3-5-8/h9-10,13,15H,3-8,11-12,14H2,1-2H3;1-5,11,14,18H,6-7H2,(H,16,19)(H,21,22)/t;11?,14-/m.1/s1. The van der Waals surface area contributed by atoms with Gasteiger partial charge in [0.25, 0.3) is 11.8 Å². The number of fused-ring (bicyclic) bond motifs is 2. The van der Waals surface area contributed by atoms with Gasteiger partial charge in [0.1, 0.15) is 22.9 Å². The Morgan fingerprint density at radius 1 is 1.09 bits per heavy atom. The second-order valence-electron chi connectivity index (χ2n) is 11.2. The van der Waals surface area contributed by atoms with E-state index in [-0.39, 0.29) is 23.4 Å². The van der Waals surface area contributed by atoms with Gasteiger partial charge >= 0.3 is 5.97 Å². The predicted octanol–water partition coefficient (Wildman–Crippen LogP) is 4.78. The van der Waals surface area contributed by atoms with Gasteiger partial charge < -0.3 is 29.7 Å². The van der Waals surface area contributed by atoms with Crippen LogP contribution in [-0.4, -0.2) is 78.7 Å². The number of unbranched alkanes of at least 4 members (excludes halogenated alkanes) is 5. The summed E-state index contributed by atoms with van der Waals surface area (Å²) in [7, 11) is -0.743. The summed E-state index contributed by atoms with van der Waals surface area (Å²) < 4.78 is 28.3. The molecule has 3 aliphatic rings. The van der Waals surface area contributed by atoms with E-state index >= 15 is 0 Å². The van der Waals surface area contributed by atoms with Crippen molar-refractivity contribution in [2.24, 2.45) is 0 Å². The summed E-state index contributed by atoms with van der Waals surface area (Å²) >= 11 is 1.19. The number of carboxylic acids is 1. The van der Waals surface area contributed by atoms with Gasteiger partial charge in [0.2, 0.25) is 6.79 Å². The first-order valence-corrected chi connectivity index (χ1v) is 18.0. The summed E-state index contributed by atoms with van der Waals surface area (Å²) in [5.74, 6) is 0.286. The number of amides is 2. The Morgan fingerprint density at radius 3 is 2.54 bits per heavy atom. The predicted molar refractivity (Wildman–Crippen MR) is 176 cm³/mol. The third-order valence-corrected chi connectivity index (χ3v) is 10.7.